The third kappa shape index (κ3) is 5.53. The number of ether oxygens (including phenoxy) is 2. The second-order valence-corrected chi connectivity index (χ2v) is 7.10. The molecule has 4 heteroatoms. The van der Waals surface area contributed by atoms with Gasteiger partial charge in [0.25, 0.3) is 0 Å². The van der Waals surface area contributed by atoms with Gasteiger partial charge in [-0.25, -0.2) is 0 Å². The van der Waals surface area contributed by atoms with Gasteiger partial charge in [-0.2, -0.15) is 0 Å². The Bertz CT molecular complexity index is 522. The summed E-state index contributed by atoms with van der Waals surface area (Å²) in [6, 6.07) is 5.73. The van der Waals surface area contributed by atoms with E-state index < -0.39 is 6.10 Å². The molecule has 4 nitrogen and oxygen atoms in total. The molecule has 1 N–H and O–H groups in total. The number of methoxy groups -OCH3 is 1. The maximum absolute atomic E-state index is 10.3. The molecule has 0 amide bonds. The minimum atomic E-state index is -0.485. The van der Waals surface area contributed by atoms with E-state index in [4.69, 9.17) is 9.47 Å². The molecule has 1 aliphatic heterocycles. The van der Waals surface area contributed by atoms with Gasteiger partial charge in [0.1, 0.15) is 24.2 Å². The molecule has 0 aliphatic carbocycles. The summed E-state index contributed by atoms with van der Waals surface area (Å²) in [6.45, 7) is 11.4. The van der Waals surface area contributed by atoms with Crippen LogP contribution in [0.1, 0.15) is 25.8 Å². The highest BCUT2D eigenvalue weighted by atomic mass is 16.5. The number of rotatable bonds is 8. The number of likely N-dealkylation sites (tertiary alicyclic amines) is 1. The van der Waals surface area contributed by atoms with Crippen LogP contribution in [-0.4, -0.2) is 49.5 Å². The quantitative estimate of drug-likeness (QED) is 0.742. The van der Waals surface area contributed by atoms with Crippen molar-refractivity contribution < 1.29 is 14.6 Å². The number of β-amino-alcohol motifs (C(OH)–C–C–N with tert-alkyl or cyclic N) is 1. The maximum atomic E-state index is 10.3. The van der Waals surface area contributed by atoms with Crippen LogP contribution in [-0.2, 0) is 6.42 Å². The van der Waals surface area contributed by atoms with E-state index in [-0.39, 0.29) is 0 Å². The van der Waals surface area contributed by atoms with E-state index >= 15 is 0 Å². The van der Waals surface area contributed by atoms with E-state index in [0.717, 1.165) is 30.2 Å². The fraction of sp³-hybridized carbons (Fsp3) is 0.600. The highest BCUT2D eigenvalue weighted by molar-refractivity contribution is 5.41. The summed E-state index contributed by atoms with van der Waals surface area (Å²) in [7, 11) is 1.65. The van der Waals surface area contributed by atoms with Crippen LogP contribution in [0.3, 0.4) is 0 Å². The summed E-state index contributed by atoms with van der Waals surface area (Å²) in [5, 5.41) is 10.3. The van der Waals surface area contributed by atoms with Crippen LogP contribution in [0.5, 0.6) is 11.5 Å². The van der Waals surface area contributed by atoms with Crippen molar-refractivity contribution >= 4 is 0 Å². The van der Waals surface area contributed by atoms with Crippen LogP contribution in [0.4, 0.5) is 0 Å². The first-order valence-corrected chi connectivity index (χ1v) is 8.82. The van der Waals surface area contributed by atoms with Crippen LogP contribution in [0, 0.1) is 11.8 Å². The fourth-order valence-corrected chi connectivity index (χ4v) is 3.62. The molecule has 1 aromatic carbocycles. The summed E-state index contributed by atoms with van der Waals surface area (Å²) in [4.78, 5) is 2.35. The Morgan fingerprint density at radius 3 is 2.67 bits per heavy atom. The molecule has 2 rings (SSSR count). The highest BCUT2D eigenvalue weighted by Gasteiger charge is 2.23. The third-order valence-corrected chi connectivity index (χ3v) is 4.48. The number of aliphatic hydroxyl groups excluding tert-OH is 1. The molecule has 0 saturated carbocycles. The molecule has 3 atom stereocenters. The first-order valence-electron chi connectivity index (χ1n) is 8.82. The van der Waals surface area contributed by atoms with Crippen molar-refractivity contribution in [3.63, 3.8) is 0 Å². The van der Waals surface area contributed by atoms with Gasteiger partial charge in [-0.15, -0.1) is 6.58 Å². The molecular weight excluding hydrogens is 302 g/mol. The lowest BCUT2D eigenvalue weighted by Gasteiger charge is -2.35. The Morgan fingerprint density at radius 1 is 1.33 bits per heavy atom. The minimum Gasteiger partial charge on any atom is -0.497 e. The first-order chi connectivity index (χ1) is 11.5. The van der Waals surface area contributed by atoms with Crippen molar-refractivity contribution in [1.29, 1.82) is 0 Å². The van der Waals surface area contributed by atoms with Crippen molar-refractivity contribution in [3.8, 4) is 11.5 Å². The lowest BCUT2D eigenvalue weighted by molar-refractivity contribution is 0.0427. The lowest BCUT2D eigenvalue weighted by atomic mass is 9.92. The van der Waals surface area contributed by atoms with E-state index in [1.165, 1.54) is 6.42 Å². The van der Waals surface area contributed by atoms with Gasteiger partial charge in [-0.3, -0.25) is 0 Å². The zero-order chi connectivity index (χ0) is 17.5. The second-order valence-electron chi connectivity index (χ2n) is 7.10. The molecule has 24 heavy (non-hydrogen) atoms. The standard InChI is InChI=1S/C20H31NO3/c1-5-6-17-10-19(23-4)7-8-20(17)24-14-18(22)13-21-11-15(2)9-16(3)12-21/h5,7-8,10,15-16,18,22H,1,6,9,11-14H2,2-4H3/t15-,16-,18+/m0/s1. The molecule has 0 unspecified atom stereocenters. The summed E-state index contributed by atoms with van der Waals surface area (Å²) in [5.41, 5.74) is 1.02. The number of aliphatic hydroxyl groups is 1. The number of hydrogen-bond donors (Lipinski definition) is 1. The van der Waals surface area contributed by atoms with Gasteiger partial charge in [0.05, 0.1) is 7.11 Å². The normalized spacial score (nSPS) is 22.8. The van der Waals surface area contributed by atoms with Gasteiger partial charge in [0.2, 0.25) is 0 Å². The highest BCUT2D eigenvalue weighted by Crippen LogP contribution is 2.25. The molecule has 0 aromatic heterocycles. The topological polar surface area (TPSA) is 41.9 Å². The first kappa shape index (κ1) is 18.8. The van der Waals surface area contributed by atoms with Crippen molar-refractivity contribution in [2.24, 2.45) is 11.8 Å². The Morgan fingerprint density at radius 2 is 2.04 bits per heavy atom. The van der Waals surface area contributed by atoms with Crippen molar-refractivity contribution in [2.45, 2.75) is 32.8 Å². The average molecular weight is 333 g/mol. The smallest absolute Gasteiger partial charge is 0.123 e. The largest absolute Gasteiger partial charge is 0.497 e. The van der Waals surface area contributed by atoms with Crippen molar-refractivity contribution in [1.82, 2.24) is 4.90 Å². The van der Waals surface area contributed by atoms with Crippen LogP contribution >= 0.6 is 0 Å². The monoisotopic (exact) mass is 333 g/mol. The Hall–Kier alpha value is -1.52. The fourth-order valence-electron chi connectivity index (χ4n) is 3.62. The van der Waals surface area contributed by atoms with E-state index in [2.05, 4.69) is 25.3 Å². The predicted molar refractivity (Wildman–Crippen MR) is 97.8 cm³/mol. The van der Waals surface area contributed by atoms with Gasteiger partial charge in [0, 0.05) is 25.2 Å². The maximum Gasteiger partial charge on any atom is 0.123 e. The average Bonchev–Trinajstić information content (AvgIpc) is 2.53. The Balaban J connectivity index is 1.89. The molecule has 1 aromatic rings. The number of piperidine rings is 1. The summed E-state index contributed by atoms with van der Waals surface area (Å²) >= 11 is 0. The van der Waals surface area contributed by atoms with Gasteiger partial charge >= 0.3 is 0 Å². The molecule has 1 saturated heterocycles. The molecular formula is C20H31NO3. The lowest BCUT2D eigenvalue weighted by Crippen LogP contribution is -2.44. The van der Waals surface area contributed by atoms with Gasteiger partial charge in [0.15, 0.2) is 0 Å². The van der Waals surface area contributed by atoms with E-state index in [1.807, 2.05) is 24.3 Å². The molecule has 1 aliphatic rings. The molecule has 0 spiro atoms. The Labute approximate surface area is 146 Å². The number of hydrogen-bond acceptors (Lipinski definition) is 4. The molecule has 134 valence electrons. The molecule has 1 heterocycles. The molecule has 1 fully saturated rings. The SMILES string of the molecule is C=CCc1cc(OC)ccc1OC[C@H](O)CN1C[C@@H](C)C[C@H](C)C1. The number of allylic oxidation sites excluding steroid dienone is 1. The van der Waals surface area contributed by atoms with Crippen LogP contribution in [0.15, 0.2) is 30.9 Å². The Kier molecular flexibility index (Phi) is 7.13. The van der Waals surface area contributed by atoms with Crippen molar-refractivity contribution in [3.05, 3.63) is 36.4 Å². The second kappa shape index (κ2) is 9.09. The van der Waals surface area contributed by atoms with Gasteiger partial charge < -0.3 is 19.5 Å². The van der Waals surface area contributed by atoms with Crippen LogP contribution in [0.2, 0.25) is 0 Å². The molecule has 0 bridgehead atoms. The summed E-state index contributed by atoms with van der Waals surface area (Å²) < 4.78 is 11.1. The van der Waals surface area contributed by atoms with E-state index in [0.29, 0.717) is 31.4 Å². The zero-order valence-corrected chi connectivity index (χ0v) is 15.2. The predicted octanol–water partition coefficient (Wildman–Crippen LogP) is 3.14. The number of nitrogens with zero attached hydrogens (tertiary/aromatic N) is 1. The summed E-state index contributed by atoms with van der Waals surface area (Å²) in [5.74, 6) is 2.98. The summed E-state index contributed by atoms with van der Waals surface area (Å²) in [6.07, 6.45) is 3.35. The van der Waals surface area contributed by atoms with E-state index in [9.17, 15) is 5.11 Å². The van der Waals surface area contributed by atoms with Crippen LogP contribution < -0.4 is 9.47 Å². The minimum absolute atomic E-state index is 0.301. The molecule has 0 radical (unpaired) electrons. The zero-order valence-electron chi connectivity index (χ0n) is 15.2. The number of benzene rings is 1. The van der Waals surface area contributed by atoms with Crippen LogP contribution in [0.25, 0.3) is 0 Å². The van der Waals surface area contributed by atoms with Gasteiger partial charge in [-0.05, 0) is 42.9 Å². The van der Waals surface area contributed by atoms with Gasteiger partial charge in [-0.1, -0.05) is 19.9 Å². The third-order valence-electron chi connectivity index (χ3n) is 4.48. The van der Waals surface area contributed by atoms with Crippen molar-refractivity contribution in [2.75, 3.05) is 33.4 Å². The van der Waals surface area contributed by atoms with E-state index in [1.54, 1.807) is 7.11 Å².